The molecule has 1 aliphatic carbocycles. The van der Waals surface area contributed by atoms with Crippen molar-refractivity contribution in [3.05, 3.63) is 59.4 Å². The van der Waals surface area contributed by atoms with Crippen LogP contribution in [0.3, 0.4) is 0 Å². The number of hydrogen-bond acceptors (Lipinski definition) is 3. The summed E-state index contributed by atoms with van der Waals surface area (Å²) in [5.41, 5.74) is 2.59. The SMILES string of the molecule is Cc1ccc(C(=O)NCC2CCCC2c2ccccc2)nn1. The standard InChI is InChI=1S/C18H21N3O/c1-13-10-11-17(21-20-13)18(22)19-12-15-8-5-9-16(15)14-6-3-2-4-7-14/h2-4,6-7,10-11,15-16H,5,8-9,12H2,1H3,(H,19,22). The highest BCUT2D eigenvalue weighted by atomic mass is 16.1. The van der Waals surface area contributed by atoms with E-state index in [0.717, 1.165) is 5.69 Å². The maximum Gasteiger partial charge on any atom is 0.271 e. The molecule has 114 valence electrons. The van der Waals surface area contributed by atoms with Gasteiger partial charge < -0.3 is 5.32 Å². The Morgan fingerprint density at radius 3 is 2.68 bits per heavy atom. The molecule has 3 rings (SSSR count). The second-order valence-corrected chi connectivity index (χ2v) is 5.98. The molecular formula is C18H21N3O. The third-order valence-corrected chi connectivity index (χ3v) is 4.44. The van der Waals surface area contributed by atoms with E-state index >= 15 is 0 Å². The van der Waals surface area contributed by atoms with E-state index in [-0.39, 0.29) is 5.91 Å². The Kier molecular flexibility index (Phi) is 4.47. The minimum atomic E-state index is -0.133. The van der Waals surface area contributed by atoms with E-state index in [1.165, 1.54) is 24.8 Å². The van der Waals surface area contributed by atoms with Gasteiger partial charge in [0.2, 0.25) is 0 Å². The average molecular weight is 295 g/mol. The molecule has 1 amide bonds. The van der Waals surface area contributed by atoms with Crippen molar-refractivity contribution in [2.24, 2.45) is 5.92 Å². The van der Waals surface area contributed by atoms with Crippen molar-refractivity contribution in [1.29, 1.82) is 0 Å². The molecule has 0 aliphatic heterocycles. The van der Waals surface area contributed by atoms with Gasteiger partial charge >= 0.3 is 0 Å². The molecule has 1 aliphatic rings. The van der Waals surface area contributed by atoms with Crippen molar-refractivity contribution in [3.8, 4) is 0 Å². The van der Waals surface area contributed by atoms with Crippen molar-refractivity contribution in [2.45, 2.75) is 32.1 Å². The number of rotatable bonds is 4. The van der Waals surface area contributed by atoms with Gasteiger partial charge in [0.05, 0.1) is 5.69 Å². The van der Waals surface area contributed by atoms with Crippen molar-refractivity contribution < 1.29 is 4.79 Å². The Bertz CT molecular complexity index is 625. The zero-order valence-corrected chi connectivity index (χ0v) is 12.8. The van der Waals surface area contributed by atoms with Crippen LogP contribution in [-0.2, 0) is 0 Å². The maximum atomic E-state index is 12.1. The number of benzene rings is 1. The molecule has 2 atom stereocenters. The molecule has 1 heterocycles. The minimum Gasteiger partial charge on any atom is -0.350 e. The van der Waals surface area contributed by atoms with Gasteiger partial charge in [-0.25, -0.2) is 0 Å². The van der Waals surface area contributed by atoms with Crippen LogP contribution >= 0.6 is 0 Å². The maximum absolute atomic E-state index is 12.1. The number of hydrogen-bond donors (Lipinski definition) is 1. The third kappa shape index (κ3) is 3.32. The largest absolute Gasteiger partial charge is 0.350 e. The lowest BCUT2D eigenvalue weighted by Crippen LogP contribution is -2.31. The van der Waals surface area contributed by atoms with E-state index in [2.05, 4.69) is 39.8 Å². The predicted octanol–water partition coefficient (Wildman–Crippen LogP) is 3.10. The molecule has 22 heavy (non-hydrogen) atoms. The zero-order valence-electron chi connectivity index (χ0n) is 12.8. The molecule has 0 saturated heterocycles. The molecule has 1 aromatic heterocycles. The summed E-state index contributed by atoms with van der Waals surface area (Å²) in [4.78, 5) is 12.1. The smallest absolute Gasteiger partial charge is 0.271 e. The monoisotopic (exact) mass is 295 g/mol. The Labute approximate surface area is 131 Å². The van der Waals surface area contributed by atoms with Crippen LogP contribution in [0.1, 0.15) is 46.9 Å². The molecule has 1 N–H and O–H groups in total. The van der Waals surface area contributed by atoms with E-state index < -0.39 is 0 Å². The van der Waals surface area contributed by atoms with Gasteiger partial charge in [-0.05, 0) is 49.3 Å². The van der Waals surface area contributed by atoms with Crippen molar-refractivity contribution >= 4 is 5.91 Å². The lowest BCUT2D eigenvalue weighted by Gasteiger charge is -2.20. The summed E-state index contributed by atoms with van der Waals surface area (Å²) in [6.45, 7) is 2.56. The van der Waals surface area contributed by atoms with Gasteiger partial charge in [0.1, 0.15) is 0 Å². The first-order valence-corrected chi connectivity index (χ1v) is 7.87. The fourth-order valence-corrected chi connectivity index (χ4v) is 3.25. The number of carbonyl (C=O) groups excluding carboxylic acids is 1. The molecule has 2 aromatic rings. The fourth-order valence-electron chi connectivity index (χ4n) is 3.25. The summed E-state index contributed by atoms with van der Waals surface area (Å²) in [5.74, 6) is 0.918. The lowest BCUT2D eigenvalue weighted by molar-refractivity contribution is 0.0940. The molecular weight excluding hydrogens is 274 g/mol. The summed E-state index contributed by atoms with van der Waals surface area (Å²) >= 11 is 0. The highest BCUT2D eigenvalue weighted by Gasteiger charge is 2.28. The van der Waals surface area contributed by atoms with E-state index in [4.69, 9.17) is 0 Å². The van der Waals surface area contributed by atoms with Crippen LogP contribution in [0.5, 0.6) is 0 Å². The van der Waals surface area contributed by atoms with Crippen LogP contribution in [-0.4, -0.2) is 22.6 Å². The van der Waals surface area contributed by atoms with Crippen molar-refractivity contribution in [2.75, 3.05) is 6.54 Å². The van der Waals surface area contributed by atoms with Crippen LogP contribution in [0, 0.1) is 12.8 Å². The Hall–Kier alpha value is -2.23. The fraction of sp³-hybridized carbons (Fsp3) is 0.389. The molecule has 1 aromatic carbocycles. The second-order valence-electron chi connectivity index (χ2n) is 5.98. The lowest BCUT2D eigenvalue weighted by atomic mass is 9.89. The average Bonchev–Trinajstić information content (AvgIpc) is 3.02. The van der Waals surface area contributed by atoms with Gasteiger partial charge in [0.25, 0.3) is 5.91 Å². The molecule has 1 fully saturated rings. The number of nitrogens with one attached hydrogen (secondary N) is 1. The second kappa shape index (κ2) is 6.69. The van der Waals surface area contributed by atoms with Gasteiger partial charge in [0, 0.05) is 6.54 Å². The topological polar surface area (TPSA) is 54.9 Å². The van der Waals surface area contributed by atoms with Crippen LogP contribution in [0.25, 0.3) is 0 Å². The molecule has 0 radical (unpaired) electrons. The quantitative estimate of drug-likeness (QED) is 0.943. The normalized spacial score (nSPS) is 20.8. The van der Waals surface area contributed by atoms with Crippen LogP contribution in [0.2, 0.25) is 0 Å². The molecule has 1 saturated carbocycles. The summed E-state index contributed by atoms with van der Waals surface area (Å²) in [6, 6.07) is 14.1. The number of aryl methyl sites for hydroxylation is 1. The summed E-state index contributed by atoms with van der Waals surface area (Å²) in [7, 11) is 0. The number of aromatic nitrogens is 2. The predicted molar refractivity (Wildman–Crippen MR) is 85.6 cm³/mol. The zero-order chi connectivity index (χ0) is 15.4. The van der Waals surface area contributed by atoms with Gasteiger partial charge in [-0.1, -0.05) is 36.8 Å². The Morgan fingerprint density at radius 2 is 1.95 bits per heavy atom. The highest BCUT2D eigenvalue weighted by molar-refractivity contribution is 5.92. The molecule has 2 unspecified atom stereocenters. The summed E-state index contributed by atoms with van der Waals surface area (Å²) in [5, 5.41) is 10.9. The van der Waals surface area contributed by atoms with Crippen molar-refractivity contribution in [3.63, 3.8) is 0 Å². The first-order valence-electron chi connectivity index (χ1n) is 7.87. The van der Waals surface area contributed by atoms with Crippen molar-refractivity contribution in [1.82, 2.24) is 15.5 Å². The number of amides is 1. The Balaban J connectivity index is 1.61. The van der Waals surface area contributed by atoms with E-state index in [1.807, 2.05) is 19.1 Å². The van der Waals surface area contributed by atoms with Gasteiger partial charge in [-0.3, -0.25) is 4.79 Å². The third-order valence-electron chi connectivity index (χ3n) is 4.44. The minimum absolute atomic E-state index is 0.133. The summed E-state index contributed by atoms with van der Waals surface area (Å²) in [6.07, 6.45) is 3.60. The van der Waals surface area contributed by atoms with Gasteiger partial charge in [-0.2, -0.15) is 5.10 Å². The van der Waals surface area contributed by atoms with Crippen LogP contribution < -0.4 is 5.32 Å². The molecule has 0 spiro atoms. The van der Waals surface area contributed by atoms with E-state index in [0.29, 0.717) is 24.1 Å². The molecule has 0 bridgehead atoms. The molecule has 4 nitrogen and oxygen atoms in total. The number of carbonyl (C=O) groups is 1. The van der Waals surface area contributed by atoms with Crippen LogP contribution in [0.4, 0.5) is 0 Å². The first-order chi connectivity index (χ1) is 10.7. The van der Waals surface area contributed by atoms with Crippen LogP contribution in [0.15, 0.2) is 42.5 Å². The van der Waals surface area contributed by atoms with E-state index in [1.54, 1.807) is 6.07 Å². The summed E-state index contributed by atoms with van der Waals surface area (Å²) < 4.78 is 0. The van der Waals surface area contributed by atoms with Gasteiger partial charge in [0.15, 0.2) is 5.69 Å². The highest BCUT2D eigenvalue weighted by Crippen LogP contribution is 2.39. The number of nitrogens with zero attached hydrogens (tertiary/aromatic N) is 2. The Morgan fingerprint density at radius 1 is 1.14 bits per heavy atom. The van der Waals surface area contributed by atoms with Gasteiger partial charge in [-0.15, -0.1) is 5.10 Å². The first kappa shape index (κ1) is 14.7. The van der Waals surface area contributed by atoms with E-state index in [9.17, 15) is 4.79 Å². The molecule has 4 heteroatoms.